The van der Waals surface area contributed by atoms with Crippen LogP contribution in [0.2, 0.25) is 0 Å². The molecule has 3 rings (SSSR count). The lowest BCUT2D eigenvalue weighted by Crippen LogP contribution is -2.46. The summed E-state index contributed by atoms with van der Waals surface area (Å²) in [6, 6.07) is 12.4. The van der Waals surface area contributed by atoms with E-state index in [2.05, 4.69) is 0 Å². The van der Waals surface area contributed by atoms with Crippen LogP contribution in [-0.2, 0) is 16.1 Å². The van der Waals surface area contributed by atoms with E-state index in [0.29, 0.717) is 36.5 Å². The minimum atomic E-state index is -0.648. The average molecular weight is 370 g/mol. The van der Waals surface area contributed by atoms with Crippen LogP contribution in [0.5, 0.6) is 11.5 Å². The number of amides is 1. The summed E-state index contributed by atoms with van der Waals surface area (Å²) in [5.74, 6) is 0.611. The van der Waals surface area contributed by atoms with E-state index in [4.69, 9.17) is 19.9 Å². The molecule has 1 aliphatic heterocycles. The summed E-state index contributed by atoms with van der Waals surface area (Å²) < 4.78 is 15.8. The topological polar surface area (TPSA) is 91.1 Å². The molecule has 7 heteroatoms. The number of ether oxygens (including phenoxy) is 3. The van der Waals surface area contributed by atoms with E-state index >= 15 is 0 Å². The number of esters is 1. The molecule has 1 unspecified atom stereocenters. The SMILES string of the molecule is COC(=O)c1ccc2c(c1)N(Cc1ccc(OC)cc1)C(=O)C(CCN)O2. The second-order valence-corrected chi connectivity index (χ2v) is 6.13. The third-order valence-corrected chi connectivity index (χ3v) is 4.41. The van der Waals surface area contributed by atoms with Crippen molar-refractivity contribution in [1.82, 2.24) is 0 Å². The lowest BCUT2D eigenvalue weighted by molar-refractivity contribution is -0.126. The minimum absolute atomic E-state index is 0.189. The van der Waals surface area contributed by atoms with Crippen molar-refractivity contribution in [3.8, 4) is 11.5 Å². The van der Waals surface area contributed by atoms with Crippen LogP contribution in [0.1, 0.15) is 22.3 Å². The number of carbonyl (C=O) groups is 2. The Balaban J connectivity index is 1.98. The van der Waals surface area contributed by atoms with Crippen LogP contribution < -0.4 is 20.1 Å². The predicted octanol–water partition coefficient (Wildman–Crippen LogP) is 2.12. The van der Waals surface area contributed by atoms with Crippen molar-refractivity contribution in [2.45, 2.75) is 19.1 Å². The molecule has 0 aliphatic carbocycles. The standard InChI is InChI=1S/C20H22N2O5/c1-25-15-6-3-13(4-7-15)12-22-16-11-14(20(24)26-2)5-8-17(16)27-18(9-10-21)19(22)23/h3-8,11,18H,9-10,12,21H2,1-2H3. The lowest BCUT2D eigenvalue weighted by Gasteiger charge is -2.34. The number of methoxy groups -OCH3 is 2. The summed E-state index contributed by atoms with van der Waals surface area (Å²) in [4.78, 5) is 26.5. The number of fused-ring (bicyclic) bond motifs is 1. The van der Waals surface area contributed by atoms with Crippen LogP contribution in [0.3, 0.4) is 0 Å². The Morgan fingerprint density at radius 1 is 1.19 bits per heavy atom. The van der Waals surface area contributed by atoms with Crippen molar-refractivity contribution in [1.29, 1.82) is 0 Å². The molecular weight excluding hydrogens is 348 g/mol. The summed E-state index contributed by atoms with van der Waals surface area (Å²) in [6.45, 7) is 0.674. The molecule has 2 aromatic rings. The van der Waals surface area contributed by atoms with Crippen molar-refractivity contribution in [3.63, 3.8) is 0 Å². The van der Waals surface area contributed by atoms with E-state index in [0.717, 1.165) is 11.3 Å². The summed E-state index contributed by atoms with van der Waals surface area (Å²) >= 11 is 0. The molecule has 0 spiro atoms. The quantitative estimate of drug-likeness (QED) is 0.784. The van der Waals surface area contributed by atoms with Gasteiger partial charge in [-0.2, -0.15) is 0 Å². The van der Waals surface area contributed by atoms with Gasteiger partial charge in [-0.25, -0.2) is 4.79 Å². The zero-order valence-electron chi connectivity index (χ0n) is 15.3. The van der Waals surface area contributed by atoms with Crippen LogP contribution in [0.4, 0.5) is 5.69 Å². The smallest absolute Gasteiger partial charge is 0.337 e. The highest BCUT2D eigenvalue weighted by atomic mass is 16.5. The van der Waals surface area contributed by atoms with Crippen LogP contribution in [-0.4, -0.2) is 38.7 Å². The molecule has 1 amide bonds. The number of rotatable bonds is 6. The van der Waals surface area contributed by atoms with Crippen LogP contribution in [0.15, 0.2) is 42.5 Å². The molecule has 0 bridgehead atoms. The van der Waals surface area contributed by atoms with E-state index in [9.17, 15) is 9.59 Å². The molecular formula is C20H22N2O5. The van der Waals surface area contributed by atoms with Gasteiger partial charge in [0.25, 0.3) is 5.91 Å². The fourth-order valence-corrected chi connectivity index (χ4v) is 2.98. The van der Waals surface area contributed by atoms with Gasteiger partial charge in [0.1, 0.15) is 11.5 Å². The highest BCUT2D eigenvalue weighted by molar-refractivity contribution is 6.01. The van der Waals surface area contributed by atoms with Gasteiger partial charge in [0, 0.05) is 6.42 Å². The number of carbonyl (C=O) groups excluding carboxylic acids is 2. The van der Waals surface area contributed by atoms with E-state index in [1.165, 1.54) is 7.11 Å². The third kappa shape index (κ3) is 3.88. The maximum absolute atomic E-state index is 13.0. The Hall–Kier alpha value is -3.06. The first-order valence-electron chi connectivity index (χ1n) is 8.60. The highest BCUT2D eigenvalue weighted by Gasteiger charge is 2.34. The third-order valence-electron chi connectivity index (χ3n) is 4.41. The Morgan fingerprint density at radius 3 is 2.56 bits per heavy atom. The second kappa shape index (κ2) is 8.09. The normalized spacial score (nSPS) is 15.7. The van der Waals surface area contributed by atoms with E-state index in [1.807, 2.05) is 24.3 Å². The van der Waals surface area contributed by atoms with Gasteiger partial charge in [-0.1, -0.05) is 12.1 Å². The van der Waals surface area contributed by atoms with Crippen molar-refractivity contribution < 1.29 is 23.8 Å². The molecule has 0 saturated heterocycles. The summed E-state index contributed by atoms with van der Waals surface area (Å²) in [5, 5.41) is 0. The van der Waals surface area contributed by atoms with Gasteiger partial charge in [0.05, 0.1) is 32.0 Å². The van der Waals surface area contributed by atoms with Crippen molar-refractivity contribution >= 4 is 17.6 Å². The molecule has 0 radical (unpaired) electrons. The fraction of sp³-hybridized carbons (Fsp3) is 0.300. The zero-order valence-corrected chi connectivity index (χ0v) is 15.3. The van der Waals surface area contributed by atoms with Gasteiger partial charge in [0.15, 0.2) is 6.10 Å². The molecule has 2 aromatic carbocycles. The molecule has 0 saturated carbocycles. The van der Waals surface area contributed by atoms with Gasteiger partial charge in [-0.15, -0.1) is 0 Å². The molecule has 7 nitrogen and oxygen atoms in total. The van der Waals surface area contributed by atoms with Gasteiger partial charge < -0.3 is 24.8 Å². The summed E-state index contributed by atoms with van der Waals surface area (Å²) in [6.07, 6.45) is -0.236. The summed E-state index contributed by atoms with van der Waals surface area (Å²) in [5.41, 5.74) is 7.44. The van der Waals surface area contributed by atoms with Crippen molar-refractivity contribution in [3.05, 3.63) is 53.6 Å². The molecule has 27 heavy (non-hydrogen) atoms. The van der Waals surface area contributed by atoms with Gasteiger partial charge >= 0.3 is 5.97 Å². The van der Waals surface area contributed by atoms with Gasteiger partial charge in [-0.05, 0) is 42.4 Å². The van der Waals surface area contributed by atoms with Crippen molar-refractivity contribution in [2.24, 2.45) is 5.73 Å². The summed E-state index contributed by atoms with van der Waals surface area (Å²) in [7, 11) is 2.92. The molecule has 142 valence electrons. The second-order valence-electron chi connectivity index (χ2n) is 6.13. The molecule has 0 fully saturated rings. The van der Waals surface area contributed by atoms with Crippen LogP contribution in [0, 0.1) is 0 Å². The number of nitrogens with zero attached hydrogens (tertiary/aromatic N) is 1. The van der Waals surface area contributed by atoms with E-state index in [1.54, 1.807) is 30.2 Å². The number of hydrogen-bond donors (Lipinski definition) is 1. The van der Waals surface area contributed by atoms with Crippen LogP contribution >= 0.6 is 0 Å². The van der Waals surface area contributed by atoms with Crippen LogP contribution in [0.25, 0.3) is 0 Å². The maximum Gasteiger partial charge on any atom is 0.337 e. The molecule has 0 aromatic heterocycles. The first-order chi connectivity index (χ1) is 13.1. The first-order valence-corrected chi connectivity index (χ1v) is 8.60. The van der Waals surface area contributed by atoms with Crippen molar-refractivity contribution in [2.75, 3.05) is 25.7 Å². The maximum atomic E-state index is 13.0. The highest BCUT2D eigenvalue weighted by Crippen LogP contribution is 2.36. The first kappa shape index (κ1) is 18.7. The number of hydrogen-bond acceptors (Lipinski definition) is 6. The lowest BCUT2D eigenvalue weighted by atomic mass is 10.1. The molecule has 1 aliphatic rings. The molecule has 1 atom stereocenters. The number of nitrogens with two attached hydrogens (primary N) is 1. The Labute approximate surface area is 157 Å². The Bertz CT molecular complexity index is 835. The predicted molar refractivity (Wildman–Crippen MR) is 100 cm³/mol. The Kier molecular flexibility index (Phi) is 5.61. The largest absolute Gasteiger partial charge is 0.497 e. The number of benzene rings is 2. The average Bonchev–Trinajstić information content (AvgIpc) is 2.70. The fourth-order valence-electron chi connectivity index (χ4n) is 2.98. The monoisotopic (exact) mass is 370 g/mol. The Morgan fingerprint density at radius 2 is 1.93 bits per heavy atom. The molecule has 2 N–H and O–H groups in total. The van der Waals surface area contributed by atoms with E-state index < -0.39 is 12.1 Å². The van der Waals surface area contributed by atoms with Gasteiger partial charge in [-0.3, -0.25) is 4.79 Å². The zero-order chi connectivity index (χ0) is 19.4. The van der Waals surface area contributed by atoms with Gasteiger partial charge in [0.2, 0.25) is 0 Å². The molecule has 1 heterocycles. The minimum Gasteiger partial charge on any atom is -0.497 e. The van der Waals surface area contributed by atoms with E-state index in [-0.39, 0.29) is 5.91 Å². The number of anilines is 1.